The predicted molar refractivity (Wildman–Crippen MR) is 81.3 cm³/mol. The Hall–Kier alpha value is -2.80. The van der Waals surface area contributed by atoms with E-state index in [1.54, 1.807) is 31.2 Å². The molecule has 1 aromatic heterocycles. The van der Waals surface area contributed by atoms with Gasteiger partial charge in [-0.05, 0) is 30.3 Å². The Morgan fingerprint density at radius 2 is 2.04 bits per heavy atom. The predicted octanol–water partition coefficient (Wildman–Crippen LogP) is 3.44. The highest BCUT2D eigenvalue weighted by Gasteiger charge is 2.15. The number of halogens is 2. The molecule has 3 rings (SSSR count). The van der Waals surface area contributed by atoms with Crippen LogP contribution in [0, 0.1) is 18.6 Å². The van der Waals surface area contributed by atoms with Crippen molar-refractivity contribution >= 4 is 0 Å². The van der Waals surface area contributed by atoms with Crippen molar-refractivity contribution in [2.45, 2.75) is 13.0 Å². The van der Waals surface area contributed by atoms with Gasteiger partial charge in [0.15, 0.2) is 0 Å². The number of aromatic nitrogens is 2. The second kappa shape index (κ2) is 6.76. The molecule has 1 N–H and O–H groups in total. The zero-order chi connectivity index (χ0) is 17.1. The fourth-order valence-electron chi connectivity index (χ4n) is 2.18. The van der Waals surface area contributed by atoms with Crippen LogP contribution in [0.4, 0.5) is 8.78 Å². The normalized spacial score (nSPS) is 12.2. The Bertz CT molecular complexity index is 851. The molecule has 1 atom stereocenters. The summed E-state index contributed by atoms with van der Waals surface area (Å²) >= 11 is 0. The van der Waals surface area contributed by atoms with E-state index in [-0.39, 0.29) is 12.2 Å². The minimum Gasteiger partial charge on any atom is -0.491 e. The van der Waals surface area contributed by atoms with E-state index < -0.39 is 17.7 Å². The number of aliphatic hydroxyl groups excluding tert-OH is 1. The van der Waals surface area contributed by atoms with Crippen LogP contribution in [0.2, 0.25) is 0 Å². The molecule has 124 valence electrons. The quantitative estimate of drug-likeness (QED) is 0.775. The molecule has 0 fully saturated rings. The third-order valence-electron chi connectivity index (χ3n) is 3.34. The van der Waals surface area contributed by atoms with Gasteiger partial charge in [-0.1, -0.05) is 17.3 Å². The number of ether oxygens (including phenoxy) is 1. The van der Waals surface area contributed by atoms with E-state index >= 15 is 0 Å². The standard InChI is InChI=1S/C17H14F2N2O3/c1-10-20-17(21-24-10)11-3-2-4-13(7-11)23-9-16(22)14-8-12(18)5-6-15(14)19/h2-8,16,22H,9H2,1H3. The lowest BCUT2D eigenvalue weighted by atomic mass is 10.1. The first-order valence-corrected chi connectivity index (χ1v) is 7.19. The van der Waals surface area contributed by atoms with Gasteiger partial charge in [0.1, 0.15) is 30.1 Å². The molecule has 0 aliphatic carbocycles. The Morgan fingerprint density at radius 3 is 2.79 bits per heavy atom. The molecule has 3 aromatic rings. The zero-order valence-electron chi connectivity index (χ0n) is 12.7. The zero-order valence-corrected chi connectivity index (χ0v) is 12.7. The van der Waals surface area contributed by atoms with E-state index in [9.17, 15) is 13.9 Å². The summed E-state index contributed by atoms with van der Waals surface area (Å²) in [5.41, 5.74) is 0.524. The van der Waals surface area contributed by atoms with Crippen LogP contribution >= 0.6 is 0 Å². The fourth-order valence-corrected chi connectivity index (χ4v) is 2.18. The number of rotatable bonds is 5. The van der Waals surface area contributed by atoms with Crippen molar-refractivity contribution in [2.24, 2.45) is 0 Å². The molecule has 2 aromatic carbocycles. The van der Waals surface area contributed by atoms with Crippen LogP contribution in [0.15, 0.2) is 47.0 Å². The number of hydrogen-bond acceptors (Lipinski definition) is 5. The van der Waals surface area contributed by atoms with Crippen molar-refractivity contribution in [2.75, 3.05) is 6.61 Å². The summed E-state index contributed by atoms with van der Waals surface area (Å²) in [6.45, 7) is 1.45. The maximum atomic E-state index is 13.6. The van der Waals surface area contributed by atoms with Gasteiger partial charge in [0.25, 0.3) is 0 Å². The molecule has 0 saturated heterocycles. The molecule has 24 heavy (non-hydrogen) atoms. The molecule has 5 nitrogen and oxygen atoms in total. The van der Waals surface area contributed by atoms with Crippen molar-refractivity contribution < 1.29 is 23.1 Å². The molecule has 0 amide bonds. The van der Waals surface area contributed by atoms with Gasteiger partial charge in [-0.25, -0.2) is 8.78 Å². The molecule has 1 heterocycles. The fraction of sp³-hybridized carbons (Fsp3) is 0.176. The van der Waals surface area contributed by atoms with Gasteiger partial charge < -0.3 is 14.4 Å². The molecular formula is C17H14F2N2O3. The molecule has 7 heteroatoms. The average molecular weight is 332 g/mol. The maximum Gasteiger partial charge on any atom is 0.223 e. The average Bonchev–Trinajstić information content (AvgIpc) is 3.02. The molecule has 0 spiro atoms. The highest BCUT2D eigenvalue weighted by molar-refractivity contribution is 5.56. The summed E-state index contributed by atoms with van der Waals surface area (Å²) in [5, 5.41) is 13.8. The smallest absolute Gasteiger partial charge is 0.223 e. The lowest BCUT2D eigenvalue weighted by molar-refractivity contribution is 0.104. The molecule has 0 aliphatic rings. The van der Waals surface area contributed by atoms with Gasteiger partial charge in [0, 0.05) is 18.1 Å². The Labute approximate surface area is 136 Å². The summed E-state index contributed by atoms with van der Waals surface area (Å²) in [7, 11) is 0. The van der Waals surface area contributed by atoms with Gasteiger partial charge in [0.05, 0.1) is 0 Å². The summed E-state index contributed by atoms with van der Waals surface area (Å²) in [6, 6.07) is 9.74. The van der Waals surface area contributed by atoms with Crippen LogP contribution in [0.3, 0.4) is 0 Å². The van der Waals surface area contributed by atoms with Crippen LogP contribution in [0.25, 0.3) is 11.4 Å². The van der Waals surface area contributed by atoms with Gasteiger partial charge in [-0.3, -0.25) is 0 Å². The van der Waals surface area contributed by atoms with Crippen molar-refractivity contribution in [3.8, 4) is 17.1 Å². The molecule has 0 saturated carbocycles. The van der Waals surface area contributed by atoms with Crippen LogP contribution in [-0.4, -0.2) is 21.9 Å². The molecule has 0 bridgehead atoms. The van der Waals surface area contributed by atoms with E-state index in [2.05, 4.69) is 10.1 Å². The number of hydrogen-bond donors (Lipinski definition) is 1. The highest BCUT2D eigenvalue weighted by Crippen LogP contribution is 2.24. The molecule has 1 unspecified atom stereocenters. The Kier molecular flexibility index (Phi) is 4.52. The Morgan fingerprint density at radius 1 is 1.21 bits per heavy atom. The van der Waals surface area contributed by atoms with Gasteiger partial charge in [-0.15, -0.1) is 0 Å². The van der Waals surface area contributed by atoms with E-state index in [4.69, 9.17) is 9.26 Å². The topological polar surface area (TPSA) is 68.4 Å². The van der Waals surface area contributed by atoms with Crippen molar-refractivity contribution in [1.29, 1.82) is 0 Å². The second-order valence-electron chi connectivity index (χ2n) is 5.16. The van der Waals surface area contributed by atoms with Gasteiger partial charge in [-0.2, -0.15) is 4.98 Å². The maximum absolute atomic E-state index is 13.6. The summed E-state index contributed by atoms with van der Waals surface area (Å²) in [5.74, 6) is -0.0303. The van der Waals surface area contributed by atoms with Crippen molar-refractivity contribution in [3.05, 3.63) is 65.6 Å². The third-order valence-corrected chi connectivity index (χ3v) is 3.34. The van der Waals surface area contributed by atoms with Crippen LogP contribution in [-0.2, 0) is 0 Å². The lowest BCUT2D eigenvalue weighted by Gasteiger charge is -2.14. The monoisotopic (exact) mass is 332 g/mol. The summed E-state index contributed by atoms with van der Waals surface area (Å²) in [6.07, 6.45) is -1.29. The van der Waals surface area contributed by atoms with E-state index in [0.29, 0.717) is 23.0 Å². The van der Waals surface area contributed by atoms with Gasteiger partial charge in [0.2, 0.25) is 11.7 Å². The second-order valence-corrected chi connectivity index (χ2v) is 5.16. The molecular weight excluding hydrogens is 318 g/mol. The SMILES string of the molecule is Cc1nc(-c2cccc(OCC(O)c3cc(F)ccc3F)c2)no1. The first-order chi connectivity index (χ1) is 11.5. The van der Waals surface area contributed by atoms with E-state index in [0.717, 1.165) is 18.2 Å². The summed E-state index contributed by atoms with van der Waals surface area (Å²) in [4.78, 5) is 4.11. The number of benzene rings is 2. The largest absolute Gasteiger partial charge is 0.491 e. The van der Waals surface area contributed by atoms with E-state index in [1.165, 1.54) is 0 Å². The van der Waals surface area contributed by atoms with Crippen molar-refractivity contribution in [1.82, 2.24) is 10.1 Å². The van der Waals surface area contributed by atoms with Gasteiger partial charge >= 0.3 is 0 Å². The van der Waals surface area contributed by atoms with Crippen molar-refractivity contribution in [3.63, 3.8) is 0 Å². The molecule has 0 aliphatic heterocycles. The minimum atomic E-state index is -1.29. The van der Waals surface area contributed by atoms with E-state index in [1.807, 2.05) is 0 Å². The van der Waals surface area contributed by atoms with Crippen LogP contribution < -0.4 is 4.74 Å². The summed E-state index contributed by atoms with van der Waals surface area (Å²) < 4.78 is 37.2. The lowest BCUT2D eigenvalue weighted by Crippen LogP contribution is -2.11. The Balaban J connectivity index is 1.71. The minimum absolute atomic E-state index is 0.153. The first kappa shape index (κ1) is 16.1. The number of aryl methyl sites for hydroxylation is 1. The number of aliphatic hydroxyl groups is 1. The molecule has 0 radical (unpaired) electrons. The first-order valence-electron chi connectivity index (χ1n) is 7.19. The third kappa shape index (κ3) is 3.57. The van der Waals surface area contributed by atoms with Crippen LogP contribution in [0.5, 0.6) is 5.75 Å². The van der Waals surface area contributed by atoms with Crippen LogP contribution in [0.1, 0.15) is 17.6 Å². The number of nitrogens with zero attached hydrogens (tertiary/aromatic N) is 2. The highest BCUT2D eigenvalue weighted by atomic mass is 19.1.